The first kappa shape index (κ1) is 11.3. The molecule has 0 bridgehead atoms. The van der Waals surface area contributed by atoms with Crippen molar-refractivity contribution in [1.29, 1.82) is 0 Å². The van der Waals surface area contributed by atoms with E-state index in [2.05, 4.69) is 4.99 Å². The molecule has 1 aliphatic rings. The minimum atomic E-state index is -4.61. The highest BCUT2D eigenvalue weighted by molar-refractivity contribution is 5.89. The van der Waals surface area contributed by atoms with E-state index in [9.17, 15) is 18.4 Å². The highest BCUT2D eigenvalue weighted by Gasteiger charge is 2.56. The summed E-state index contributed by atoms with van der Waals surface area (Å²) in [6.45, 7) is 6.12. The van der Waals surface area contributed by atoms with E-state index >= 15 is 0 Å². The van der Waals surface area contributed by atoms with Gasteiger partial charge in [-0.15, -0.1) is 0 Å². The zero-order valence-electron chi connectivity index (χ0n) is 8.48. The van der Waals surface area contributed by atoms with E-state index < -0.39 is 23.1 Å². The number of amidine groups is 1. The summed E-state index contributed by atoms with van der Waals surface area (Å²) in [5.74, 6) is -1.23. The minimum absolute atomic E-state index is 0.201. The lowest BCUT2D eigenvalue weighted by Crippen LogP contribution is -2.53. The molecule has 0 saturated carbocycles. The minimum Gasteiger partial charge on any atom is -0.286 e. The summed E-state index contributed by atoms with van der Waals surface area (Å²) < 4.78 is 37.1. The van der Waals surface area contributed by atoms with Crippen LogP contribution in [0.4, 0.5) is 13.2 Å². The third kappa shape index (κ3) is 1.37. The van der Waals surface area contributed by atoms with Crippen LogP contribution in [0.25, 0.3) is 0 Å². The molecule has 0 aliphatic carbocycles. The third-order valence-corrected chi connectivity index (χ3v) is 2.87. The zero-order chi connectivity index (χ0) is 11.4. The Morgan fingerprint density at radius 2 is 1.64 bits per heavy atom. The summed E-state index contributed by atoms with van der Waals surface area (Å²) in [6, 6.07) is 0. The van der Waals surface area contributed by atoms with Gasteiger partial charge < -0.3 is 0 Å². The van der Waals surface area contributed by atoms with Gasteiger partial charge in [0, 0.05) is 0 Å². The van der Waals surface area contributed by atoms with Crippen molar-refractivity contribution >= 4 is 5.84 Å². The zero-order valence-corrected chi connectivity index (χ0v) is 8.48. The van der Waals surface area contributed by atoms with Crippen LogP contribution in [0.3, 0.4) is 0 Å². The molecular weight excluding hydrogens is 197 g/mol. The SMILES string of the molecule is CC1(C)N=C(C(F)(F)F)N(O)C1(C)C. The van der Waals surface area contributed by atoms with E-state index in [1.54, 1.807) is 13.8 Å². The average Bonchev–Trinajstić information content (AvgIpc) is 2.09. The molecule has 82 valence electrons. The van der Waals surface area contributed by atoms with Crippen molar-refractivity contribution in [2.24, 2.45) is 4.99 Å². The highest BCUT2D eigenvalue weighted by Crippen LogP contribution is 2.40. The fourth-order valence-electron chi connectivity index (χ4n) is 1.16. The number of hydrogen-bond donors (Lipinski definition) is 1. The smallest absolute Gasteiger partial charge is 0.286 e. The molecule has 3 nitrogen and oxygen atoms in total. The lowest BCUT2D eigenvalue weighted by molar-refractivity contribution is -0.139. The van der Waals surface area contributed by atoms with Gasteiger partial charge in [0.15, 0.2) is 0 Å². The average molecular weight is 210 g/mol. The Morgan fingerprint density at radius 1 is 1.21 bits per heavy atom. The van der Waals surface area contributed by atoms with Crippen molar-refractivity contribution in [2.75, 3.05) is 0 Å². The summed E-state index contributed by atoms with van der Waals surface area (Å²) in [5.41, 5.74) is -2.02. The third-order valence-electron chi connectivity index (χ3n) is 2.87. The molecule has 1 N–H and O–H groups in total. The topological polar surface area (TPSA) is 35.8 Å². The number of hydroxylamine groups is 2. The molecule has 0 aromatic heterocycles. The molecule has 0 aromatic rings. The quantitative estimate of drug-likeness (QED) is 0.665. The second kappa shape index (κ2) is 2.62. The van der Waals surface area contributed by atoms with Crippen molar-refractivity contribution in [3.63, 3.8) is 0 Å². The maximum atomic E-state index is 12.4. The van der Waals surface area contributed by atoms with Crippen LogP contribution in [0.2, 0.25) is 0 Å². The summed E-state index contributed by atoms with van der Waals surface area (Å²) in [4.78, 5) is 3.49. The van der Waals surface area contributed by atoms with Gasteiger partial charge in [0.2, 0.25) is 5.84 Å². The number of nitrogens with zero attached hydrogens (tertiary/aromatic N) is 2. The number of halogens is 3. The molecule has 14 heavy (non-hydrogen) atoms. The lowest BCUT2D eigenvalue weighted by atomic mass is 9.84. The molecule has 0 spiro atoms. The van der Waals surface area contributed by atoms with Crippen LogP contribution >= 0.6 is 0 Å². The van der Waals surface area contributed by atoms with Crippen LogP contribution < -0.4 is 0 Å². The predicted octanol–water partition coefficient (Wildman–Crippen LogP) is 2.21. The molecule has 0 aromatic carbocycles. The van der Waals surface area contributed by atoms with Crippen LogP contribution in [0.15, 0.2) is 4.99 Å². The van der Waals surface area contributed by atoms with Gasteiger partial charge in [0.25, 0.3) is 0 Å². The Morgan fingerprint density at radius 3 is 1.79 bits per heavy atom. The molecule has 0 fully saturated rings. The number of alkyl halides is 3. The van der Waals surface area contributed by atoms with Crippen molar-refractivity contribution in [1.82, 2.24) is 5.06 Å². The Labute approximate surface area is 80.2 Å². The van der Waals surface area contributed by atoms with Crippen LogP contribution in [-0.4, -0.2) is 33.4 Å². The molecular formula is C8H13F3N2O. The molecule has 1 aliphatic heterocycles. The predicted molar refractivity (Wildman–Crippen MR) is 45.3 cm³/mol. The summed E-state index contributed by atoms with van der Waals surface area (Å²) in [6.07, 6.45) is -4.61. The monoisotopic (exact) mass is 210 g/mol. The maximum absolute atomic E-state index is 12.4. The van der Waals surface area contributed by atoms with Gasteiger partial charge in [0.1, 0.15) is 0 Å². The molecule has 0 atom stereocenters. The van der Waals surface area contributed by atoms with Crippen LogP contribution in [-0.2, 0) is 0 Å². The van der Waals surface area contributed by atoms with E-state index in [1.165, 1.54) is 13.8 Å². The Kier molecular flexibility index (Phi) is 2.12. The second-order valence-corrected chi connectivity index (χ2v) is 4.36. The normalized spacial score (nSPS) is 25.1. The van der Waals surface area contributed by atoms with Gasteiger partial charge >= 0.3 is 6.18 Å². The first-order valence-corrected chi connectivity index (χ1v) is 4.16. The Balaban J connectivity index is 3.16. The number of hydrogen-bond acceptors (Lipinski definition) is 3. The second-order valence-electron chi connectivity index (χ2n) is 4.36. The first-order chi connectivity index (χ1) is 6.00. The lowest BCUT2D eigenvalue weighted by Gasteiger charge is -2.36. The highest BCUT2D eigenvalue weighted by atomic mass is 19.4. The van der Waals surface area contributed by atoms with Crippen molar-refractivity contribution < 1.29 is 18.4 Å². The van der Waals surface area contributed by atoms with Gasteiger partial charge in [-0.1, -0.05) is 0 Å². The molecule has 0 amide bonds. The largest absolute Gasteiger partial charge is 0.451 e. The van der Waals surface area contributed by atoms with Crippen molar-refractivity contribution in [2.45, 2.75) is 44.9 Å². The van der Waals surface area contributed by atoms with Gasteiger partial charge in [-0.2, -0.15) is 13.2 Å². The van der Waals surface area contributed by atoms with Crippen LogP contribution in [0.1, 0.15) is 27.7 Å². The van der Waals surface area contributed by atoms with E-state index in [1.807, 2.05) is 0 Å². The van der Waals surface area contributed by atoms with E-state index in [0.717, 1.165) is 0 Å². The van der Waals surface area contributed by atoms with Crippen molar-refractivity contribution in [3.05, 3.63) is 0 Å². The molecule has 0 unspecified atom stereocenters. The fraction of sp³-hybridized carbons (Fsp3) is 0.875. The summed E-state index contributed by atoms with van der Waals surface area (Å²) in [7, 11) is 0. The van der Waals surface area contributed by atoms with Gasteiger partial charge in [-0.05, 0) is 27.7 Å². The molecule has 0 saturated heterocycles. The van der Waals surface area contributed by atoms with Gasteiger partial charge in [0.05, 0.1) is 11.1 Å². The van der Waals surface area contributed by atoms with Crippen molar-refractivity contribution in [3.8, 4) is 0 Å². The molecule has 1 heterocycles. The summed E-state index contributed by atoms with van der Waals surface area (Å²) >= 11 is 0. The molecule has 1 rings (SSSR count). The number of rotatable bonds is 0. The first-order valence-electron chi connectivity index (χ1n) is 4.16. The Bertz CT molecular complexity index is 281. The number of aliphatic imine (C=N–C) groups is 1. The van der Waals surface area contributed by atoms with Gasteiger partial charge in [-0.25, -0.2) is 5.06 Å². The maximum Gasteiger partial charge on any atom is 0.451 e. The molecule has 6 heteroatoms. The Hall–Kier alpha value is -0.780. The van der Waals surface area contributed by atoms with E-state index in [4.69, 9.17) is 0 Å². The van der Waals surface area contributed by atoms with Crippen LogP contribution in [0, 0.1) is 0 Å². The fourth-order valence-corrected chi connectivity index (χ4v) is 1.16. The molecule has 0 radical (unpaired) electrons. The van der Waals surface area contributed by atoms with Gasteiger partial charge in [-0.3, -0.25) is 10.2 Å². The van der Waals surface area contributed by atoms with Crippen LogP contribution in [0.5, 0.6) is 0 Å². The standard InChI is InChI=1S/C8H13F3N2O/c1-6(2)7(3,4)13(14)5(12-6)8(9,10)11/h14H,1-4H3. The van der Waals surface area contributed by atoms with E-state index in [-0.39, 0.29) is 5.06 Å². The van der Waals surface area contributed by atoms with E-state index in [0.29, 0.717) is 0 Å². The summed E-state index contributed by atoms with van der Waals surface area (Å²) in [5, 5.41) is 9.57.